The molecule has 0 saturated heterocycles. The number of anilines is 3. The summed E-state index contributed by atoms with van der Waals surface area (Å²) >= 11 is 1.20. The molecule has 1 heterocycles. The first-order valence-electron chi connectivity index (χ1n) is 8.43. The molecule has 0 fully saturated rings. The molecule has 27 heavy (non-hydrogen) atoms. The lowest BCUT2D eigenvalue weighted by molar-refractivity contribution is -0.116. The van der Waals surface area contributed by atoms with Crippen LogP contribution in [0.1, 0.15) is 26.0 Å². The number of carbonyl (C=O) groups excluding carboxylic acids is 3. The highest BCUT2D eigenvalue weighted by atomic mass is 32.2. The van der Waals surface area contributed by atoms with E-state index >= 15 is 0 Å². The quantitative estimate of drug-likeness (QED) is 0.638. The number of hydrogen-bond acceptors (Lipinski definition) is 6. The lowest BCUT2D eigenvalue weighted by atomic mass is 10.2. The van der Waals surface area contributed by atoms with Gasteiger partial charge in [0.1, 0.15) is 5.76 Å². The number of aryl methyl sites for hydroxylation is 1. The summed E-state index contributed by atoms with van der Waals surface area (Å²) in [4.78, 5) is 35.6. The lowest BCUT2D eigenvalue weighted by Gasteiger charge is -2.11. The summed E-state index contributed by atoms with van der Waals surface area (Å²) in [5.41, 5.74) is 1.19. The van der Waals surface area contributed by atoms with Crippen molar-refractivity contribution in [2.45, 2.75) is 32.4 Å². The van der Waals surface area contributed by atoms with E-state index in [0.29, 0.717) is 29.4 Å². The van der Waals surface area contributed by atoms with Crippen molar-refractivity contribution < 1.29 is 18.9 Å². The molecule has 2 rings (SSSR count). The van der Waals surface area contributed by atoms with E-state index in [-0.39, 0.29) is 23.5 Å². The number of aromatic nitrogens is 1. The van der Waals surface area contributed by atoms with E-state index in [1.54, 1.807) is 51.1 Å². The highest BCUT2D eigenvalue weighted by Gasteiger charge is 2.17. The standard InChI is InChI=1S/C18H22N4O4S/c1-4-16(23)19-13-6-5-7-14(9-13)20-17(24)10-27-12(3)18(25)21-15-8-11(2)26-22-15/h5-9,12H,4,10H2,1-3H3,(H,19,23)(H,20,24)(H,21,22,25). The zero-order valence-electron chi connectivity index (χ0n) is 15.4. The molecular formula is C18H22N4O4S. The number of carbonyl (C=O) groups is 3. The molecule has 3 N–H and O–H groups in total. The van der Waals surface area contributed by atoms with Crippen LogP contribution < -0.4 is 16.0 Å². The second-order valence-corrected chi connectivity index (χ2v) is 7.13. The number of rotatable bonds is 8. The van der Waals surface area contributed by atoms with Crippen LogP contribution in [0.5, 0.6) is 0 Å². The smallest absolute Gasteiger partial charge is 0.238 e. The fourth-order valence-corrected chi connectivity index (χ4v) is 2.73. The molecule has 0 aliphatic heterocycles. The summed E-state index contributed by atoms with van der Waals surface area (Å²) < 4.78 is 4.89. The Morgan fingerprint density at radius 2 is 1.78 bits per heavy atom. The Balaban J connectivity index is 1.80. The molecule has 0 spiro atoms. The van der Waals surface area contributed by atoms with Crippen molar-refractivity contribution in [3.63, 3.8) is 0 Å². The molecule has 0 radical (unpaired) electrons. The van der Waals surface area contributed by atoms with Crippen molar-refractivity contribution in [1.29, 1.82) is 0 Å². The topological polar surface area (TPSA) is 113 Å². The molecule has 1 atom stereocenters. The Hall–Kier alpha value is -2.81. The van der Waals surface area contributed by atoms with Crippen molar-refractivity contribution >= 4 is 46.7 Å². The molecule has 0 aliphatic carbocycles. The molecule has 144 valence electrons. The Morgan fingerprint density at radius 3 is 2.37 bits per heavy atom. The van der Waals surface area contributed by atoms with Gasteiger partial charge in [0.25, 0.3) is 0 Å². The maximum atomic E-state index is 12.1. The minimum Gasteiger partial charge on any atom is -0.360 e. The Kier molecular flexibility index (Phi) is 7.42. The zero-order chi connectivity index (χ0) is 19.8. The van der Waals surface area contributed by atoms with E-state index in [2.05, 4.69) is 21.1 Å². The third-order valence-corrected chi connectivity index (χ3v) is 4.61. The average Bonchev–Trinajstić information content (AvgIpc) is 3.04. The summed E-state index contributed by atoms with van der Waals surface area (Å²) in [7, 11) is 0. The second-order valence-electron chi connectivity index (χ2n) is 5.80. The largest absolute Gasteiger partial charge is 0.360 e. The van der Waals surface area contributed by atoms with E-state index in [4.69, 9.17) is 4.52 Å². The summed E-state index contributed by atoms with van der Waals surface area (Å²) in [6.45, 7) is 5.20. The number of benzene rings is 1. The number of nitrogens with zero attached hydrogens (tertiary/aromatic N) is 1. The van der Waals surface area contributed by atoms with Crippen LogP contribution in [0.3, 0.4) is 0 Å². The third-order valence-electron chi connectivity index (χ3n) is 3.46. The van der Waals surface area contributed by atoms with E-state index in [1.165, 1.54) is 11.8 Å². The van der Waals surface area contributed by atoms with Crippen molar-refractivity contribution in [2.24, 2.45) is 0 Å². The molecule has 1 aromatic carbocycles. The van der Waals surface area contributed by atoms with E-state index < -0.39 is 5.25 Å². The van der Waals surface area contributed by atoms with Gasteiger partial charge >= 0.3 is 0 Å². The molecule has 1 aromatic heterocycles. The van der Waals surface area contributed by atoms with Gasteiger partial charge in [0.05, 0.1) is 11.0 Å². The Morgan fingerprint density at radius 1 is 1.11 bits per heavy atom. The Labute approximate surface area is 161 Å². The van der Waals surface area contributed by atoms with Crippen LogP contribution in [0.25, 0.3) is 0 Å². The van der Waals surface area contributed by atoms with Crippen LogP contribution in [0.4, 0.5) is 17.2 Å². The molecule has 0 bridgehead atoms. The molecule has 0 saturated carbocycles. The molecule has 0 aliphatic rings. The summed E-state index contributed by atoms with van der Waals surface area (Å²) in [6, 6.07) is 8.51. The van der Waals surface area contributed by atoms with Crippen LogP contribution >= 0.6 is 11.8 Å². The van der Waals surface area contributed by atoms with E-state index in [9.17, 15) is 14.4 Å². The minimum atomic E-state index is -0.442. The van der Waals surface area contributed by atoms with Gasteiger partial charge in [0.2, 0.25) is 17.7 Å². The molecule has 2 aromatic rings. The molecule has 1 unspecified atom stereocenters. The van der Waals surface area contributed by atoms with Crippen LogP contribution in [-0.2, 0) is 14.4 Å². The van der Waals surface area contributed by atoms with Gasteiger partial charge in [-0.3, -0.25) is 14.4 Å². The molecule has 3 amide bonds. The number of amides is 3. The predicted octanol–water partition coefficient (Wildman–Crippen LogP) is 3.03. The average molecular weight is 390 g/mol. The minimum absolute atomic E-state index is 0.101. The van der Waals surface area contributed by atoms with Gasteiger partial charge in [0.15, 0.2) is 5.82 Å². The summed E-state index contributed by atoms with van der Waals surface area (Å²) in [5.74, 6) is 0.456. The monoisotopic (exact) mass is 390 g/mol. The van der Waals surface area contributed by atoms with Crippen molar-refractivity contribution in [3.8, 4) is 0 Å². The lowest BCUT2D eigenvalue weighted by Crippen LogP contribution is -2.25. The first-order chi connectivity index (χ1) is 12.9. The zero-order valence-corrected chi connectivity index (χ0v) is 16.2. The predicted molar refractivity (Wildman–Crippen MR) is 106 cm³/mol. The number of hydrogen-bond donors (Lipinski definition) is 3. The van der Waals surface area contributed by atoms with Crippen molar-refractivity contribution in [2.75, 3.05) is 21.7 Å². The van der Waals surface area contributed by atoms with Crippen LogP contribution in [-0.4, -0.2) is 33.9 Å². The van der Waals surface area contributed by atoms with Gasteiger partial charge in [-0.25, -0.2) is 0 Å². The summed E-state index contributed by atoms with van der Waals surface area (Å²) in [6.07, 6.45) is 0.376. The Bertz CT molecular complexity index is 821. The molecule has 8 nitrogen and oxygen atoms in total. The van der Waals surface area contributed by atoms with E-state index in [1.807, 2.05) is 0 Å². The van der Waals surface area contributed by atoms with Gasteiger partial charge in [-0.15, -0.1) is 11.8 Å². The van der Waals surface area contributed by atoms with Gasteiger partial charge < -0.3 is 20.5 Å². The van der Waals surface area contributed by atoms with Crippen molar-refractivity contribution in [3.05, 3.63) is 36.1 Å². The molecular weight excluding hydrogens is 368 g/mol. The van der Waals surface area contributed by atoms with E-state index in [0.717, 1.165) is 0 Å². The first-order valence-corrected chi connectivity index (χ1v) is 9.47. The van der Waals surface area contributed by atoms with Gasteiger partial charge in [-0.1, -0.05) is 18.1 Å². The third kappa shape index (κ3) is 6.78. The van der Waals surface area contributed by atoms with Gasteiger partial charge in [-0.2, -0.15) is 0 Å². The van der Waals surface area contributed by atoms with Crippen LogP contribution in [0.15, 0.2) is 34.9 Å². The fourth-order valence-electron chi connectivity index (χ4n) is 2.05. The molecule has 9 heteroatoms. The fraction of sp³-hybridized carbons (Fsp3) is 0.333. The number of thioether (sulfide) groups is 1. The maximum Gasteiger partial charge on any atom is 0.238 e. The van der Waals surface area contributed by atoms with Gasteiger partial charge in [0, 0.05) is 23.9 Å². The van der Waals surface area contributed by atoms with Gasteiger partial charge in [-0.05, 0) is 32.0 Å². The second kappa shape index (κ2) is 9.77. The van der Waals surface area contributed by atoms with Crippen LogP contribution in [0.2, 0.25) is 0 Å². The van der Waals surface area contributed by atoms with Crippen LogP contribution in [0, 0.1) is 6.92 Å². The normalized spacial score (nSPS) is 11.5. The highest BCUT2D eigenvalue weighted by molar-refractivity contribution is 8.01. The number of nitrogens with one attached hydrogen (secondary N) is 3. The maximum absolute atomic E-state index is 12.1. The first kappa shape index (κ1) is 20.5. The SMILES string of the molecule is CCC(=O)Nc1cccc(NC(=O)CSC(C)C(=O)Nc2cc(C)on2)c1. The van der Waals surface area contributed by atoms with Crippen molar-refractivity contribution in [1.82, 2.24) is 5.16 Å². The summed E-state index contributed by atoms with van der Waals surface area (Å²) in [5, 5.41) is 11.4. The highest BCUT2D eigenvalue weighted by Crippen LogP contribution is 2.18.